The third kappa shape index (κ3) is 6.70. The molecule has 0 aromatic carbocycles. The molecule has 0 saturated carbocycles. The fourth-order valence-corrected chi connectivity index (χ4v) is 0.313. The van der Waals surface area contributed by atoms with Crippen LogP contribution in [0.4, 0.5) is 0 Å². The van der Waals surface area contributed by atoms with Crippen LogP contribution in [0.25, 0.3) is 0 Å². The number of nitrogens with two attached hydrogens (primary N) is 1. The van der Waals surface area contributed by atoms with Gasteiger partial charge in [-0.05, 0) is 19.1 Å². The van der Waals surface area contributed by atoms with Crippen LogP contribution in [0, 0.1) is 0 Å². The maximum Gasteiger partial charge on any atom is 0.320 e. The standard InChI is InChI=1S/C5H5N.C3H7NO2/c1-2-4-6-5-3-1;1-2(4)3(5)6/h1-5H;2H,4H2,1H3,(H,5,6)/t;2-/m.1/s1. The molecule has 0 aliphatic carbocycles. The Hall–Kier alpha value is -1.42. The van der Waals surface area contributed by atoms with E-state index in [2.05, 4.69) is 4.98 Å². The van der Waals surface area contributed by atoms with Gasteiger partial charge in [-0.25, -0.2) is 0 Å². The van der Waals surface area contributed by atoms with Crippen molar-refractivity contribution in [2.45, 2.75) is 13.0 Å². The van der Waals surface area contributed by atoms with Crippen molar-refractivity contribution in [3.8, 4) is 0 Å². The zero-order valence-corrected chi connectivity index (χ0v) is 6.84. The zero-order chi connectivity index (χ0) is 9.40. The lowest BCUT2D eigenvalue weighted by Crippen LogP contribution is -2.25. The van der Waals surface area contributed by atoms with E-state index in [9.17, 15) is 4.79 Å². The summed E-state index contributed by atoms with van der Waals surface area (Å²) < 4.78 is 0. The topological polar surface area (TPSA) is 76.2 Å². The first-order valence-corrected chi connectivity index (χ1v) is 3.48. The smallest absolute Gasteiger partial charge is 0.320 e. The summed E-state index contributed by atoms with van der Waals surface area (Å²) in [5.74, 6) is -0.963. The fraction of sp³-hybridized carbons (Fsp3) is 0.250. The molecule has 1 heterocycles. The van der Waals surface area contributed by atoms with Crippen molar-refractivity contribution in [3.05, 3.63) is 30.6 Å². The molecular formula is C8H12N2O2. The van der Waals surface area contributed by atoms with Crippen LogP contribution in [0.15, 0.2) is 30.6 Å². The summed E-state index contributed by atoms with van der Waals surface area (Å²) >= 11 is 0. The zero-order valence-electron chi connectivity index (χ0n) is 6.84. The van der Waals surface area contributed by atoms with Crippen LogP contribution in [0.5, 0.6) is 0 Å². The number of nitrogens with zero attached hydrogens (tertiary/aromatic N) is 1. The third-order valence-corrected chi connectivity index (χ3v) is 0.956. The third-order valence-electron chi connectivity index (χ3n) is 0.956. The Kier molecular flexibility index (Phi) is 5.55. The van der Waals surface area contributed by atoms with Gasteiger partial charge in [-0.15, -0.1) is 0 Å². The van der Waals surface area contributed by atoms with Gasteiger partial charge >= 0.3 is 5.97 Å². The van der Waals surface area contributed by atoms with Crippen molar-refractivity contribution in [3.63, 3.8) is 0 Å². The number of carboxylic acids is 1. The molecule has 1 atom stereocenters. The summed E-state index contributed by atoms with van der Waals surface area (Å²) in [6.07, 6.45) is 3.50. The van der Waals surface area contributed by atoms with Crippen LogP contribution in [-0.4, -0.2) is 22.1 Å². The van der Waals surface area contributed by atoms with Gasteiger partial charge < -0.3 is 10.8 Å². The Bertz CT molecular complexity index is 185. The maximum atomic E-state index is 9.57. The Labute approximate surface area is 71.0 Å². The molecule has 0 unspecified atom stereocenters. The molecule has 1 rings (SSSR count). The molecule has 0 aliphatic heterocycles. The molecule has 0 aliphatic rings. The fourth-order valence-electron chi connectivity index (χ4n) is 0.313. The summed E-state index contributed by atoms with van der Waals surface area (Å²) in [6, 6.07) is 4.98. The predicted octanol–water partition coefficient (Wildman–Crippen LogP) is 0.500. The van der Waals surface area contributed by atoms with Crippen molar-refractivity contribution in [2.75, 3.05) is 0 Å². The second-order valence-electron chi connectivity index (χ2n) is 2.15. The second-order valence-corrected chi connectivity index (χ2v) is 2.15. The van der Waals surface area contributed by atoms with Crippen molar-refractivity contribution in [1.29, 1.82) is 0 Å². The summed E-state index contributed by atoms with van der Waals surface area (Å²) in [5.41, 5.74) is 4.84. The Morgan fingerprint density at radius 3 is 1.92 bits per heavy atom. The van der Waals surface area contributed by atoms with E-state index in [1.54, 1.807) is 12.4 Å². The first-order chi connectivity index (χ1) is 5.64. The van der Waals surface area contributed by atoms with E-state index in [0.29, 0.717) is 0 Å². The molecule has 3 N–H and O–H groups in total. The lowest BCUT2D eigenvalue weighted by molar-refractivity contribution is -0.138. The maximum absolute atomic E-state index is 9.57. The number of hydrogen-bond donors (Lipinski definition) is 2. The van der Waals surface area contributed by atoms with Gasteiger partial charge in [0.25, 0.3) is 0 Å². The van der Waals surface area contributed by atoms with Crippen LogP contribution < -0.4 is 5.73 Å². The summed E-state index contributed by atoms with van der Waals surface area (Å²) in [5, 5.41) is 7.87. The van der Waals surface area contributed by atoms with Gasteiger partial charge in [0.15, 0.2) is 0 Å². The summed E-state index contributed by atoms with van der Waals surface area (Å²) in [6.45, 7) is 1.42. The molecule has 4 heteroatoms. The summed E-state index contributed by atoms with van der Waals surface area (Å²) in [7, 11) is 0. The monoisotopic (exact) mass is 168 g/mol. The van der Waals surface area contributed by atoms with Crippen molar-refractivity contribution in [2.24, 2.45) is 5.73 Å². The number of aliphatic carboxylic acids is 1. The predicted molar refractivity (Wildman–Crippen MR) is 45.5 cm³/mol. The van der Waals surface area contributed by atoms with Gasteiger partial charge in [-0.3, -0.25) is 9.78 Å². The van der Waals surface area contributed by atoms with Crippen LogP contribution in [0.2, 0.25) is 0 Å². The molecule has 1 aromatic rings. The largest absolute Gasteiger partial charge is 0.480 e. The lowest BCUT2D eigenvalue weighted by Gasteiger charge is -1.90. The van der Waals surface area contributed by atoms with E-state index in [-0.39, 0.29) is 0 Å². The molecule has 0 spiro atoms. The quantitative estimate of drug-likeness (QED) is 0.640. The van der Waals surface area contributed by atoms with Crippen LogP contribution >= 0.6 is 0 Å². The molecule has 12 heavy (non-hydrogen) atoms. The van der Waals surface area contributed by atoms with Crippen molar-refractivity contribution < 1.29 is 9.90 Å². The van der Waals surface area contributed by atoms with Gasteiger partial charge in [-0.2, -0.15) is 0 Å². The normalized spacial score (nSPS) is 10.8. The van der Waals surface area contributed by atoms with Crippen molar-refractivity contribution in [1.82, 2.24) is 4.98 Å². The minimum Gasteiger partial charge on any atom is -0.480 e. The van der Waals surface area contributed by atoms with E-state index in [1.807, 2.05) is 18.2 Å². The Balaban J connectivity index is 0.000000202. The van der Waals surface area contributed by atoms with Gasteiger partial charge in [0.05, 0.1) is 0 Å². The molecular weight excluding hydrogens is 156 g/mol. The minimum atomic E-state index is -0.963. The molecule has 66 valence electrons. The highest BCUT2D eigenvalue weighted by Gasteiger charge is 1.99. The molecule has 0 saturated heterocycles. The molecule has 0 bridgehead atoms. The summed E-state index contributed by atoms with van der Waals surface area (Å²) in [4.78, 5) is 13.4. The Morgan fingerprint density at radius 1 is 1.42 bits per heavy atom. The minimum absolute atomic E-state index is 0.731. The van der Waals surface area contributed by atoms with Gasteiger partial charge in [0, 0.05) is 12.4 Å². The average molecular weight is 168 g/mol. The SMILES string of the molecule is C[C@@H](N)C(=O)O.c1ccncc1. The molecule has 1 aromatic heterocycles. The highest BCUT2D eigenvalue weighted by Crippen LogP contribution is 1.73. The van der Waals surface area contributed by atoms with Crippen LogP contribution in [-0.2, 0) is 4.79 Å². The number of aromatic nitrogens is 1. The van der Waals surface area contributed by atoms with Crippen LogP contribution in [0.1, 0.15) is 6.92 Å². The van der Waals surface area contributed by atoms with Gasteiger partial charge in [-0.1, -0.05) is 6.07 Å². The number of carboxylic acid groups (broad SMARTS) is 1. The van der Waals surface area contributed by atoms with E-state index in [4.69, 9.17) is 10.8 Å². The Morgan fingerprint density at radius 2 is 1.83 bits per heavy atom. The van der Waals surface area contributed by atoms with E-state index in [0.717, 1.165) is 0 Å². The average Bonchev–Trinajstić information content (AvgIpc) is 2.08. The first-order valence-electron chi connectivity index (χ1n) is 3.48. The van der Waals surface area contributed by atoms with Crippen LogP contribution in [0.3, 0.4) is 0 Å². The number of pyridine rings is 1. The first kappa shape index (κ1) is 10.6. The van der Waals surface area contributed by atoms with E-state index in [1.165, 1.54) is 6.92 Å². The molecule has 0 amide bonds. The number of carbonyl (C=O) groups is 1. The van der Waals surface area contributed by atoms with E-state index < -0.39 is 12.0 Å². The van der Waals surface area contributed by atoms with Gasteiger partial charge in [0.1, 0.15) is 6.04 Å². The number of hydrogen-bond acceptors (Lipinski definition) is 3. The molecule has 4 nitrogen and oxygen atoms in total. The highest BCUT2D eigenvalue weighted by molar-refractivity contribution is 5.72. The number of rotatable bonds is 1. The second kappa shape index (κ2) is 6.30. The highest BCUT2D eigenvalue weighted by atomic mass is 16.4. The van der Waals surface area contributed by atoms with Gasteiger partial charge in [0.2, 0.25) is 0 Å². The van der Waals surface area contributed by atoms with Crippen molar-refractivity contribution >= 4 is 5.97 Å². The molecule has 0 radical (unpaired) electrons. The molecule has 0 fully saturated rings. The lowest BCUT2D eigenvalue weighted by atomic mass is 10.4. The van der Waals surface area contributed by atoms with E-state index >= 15 is 0 Å².